The fourth-order valence-corrected chi connectivity index (χ4v) is 2.36. The van der Waals surface area contributed by atoms with Crippen molar-refractivity contribution in [3.05, 3.63) is 23.9 Å². The fourth-order valence-electron chi connectivity index (χ4n) is 2.36. The van der Waals surface area contributed by atoms with Crippen LogP contribution in [0.15, 0.2) is 18.2 Å². The Morgan fingerprint density at radius 1 is 1.38 bits per heavy atom. The summed E-state index contributed by atoms with van der Waals surface area (Å²) in [6, 6.07) is 6.75. The highest BCUT2D eigenvalue weighted by Gasteiger charge is 2.18. The Morgan fingerprint density at radius 2 is 2.25 bits per heavy atom. The van der Waals surface area contributed by atoms with Gasteiger partial charge in [0, 0.05) is 19.1 Å². The maximum absolute atomic E-state index is 5.63. The van der Waals surface area contributed by atoms with Crippen molar-refractivity contribution >= 4 is 5.82 Å². The molecule has 16 heavy (non-hydrogen) atoms. The highest BCUT2D eigenvalue weighted by atomic mass is 15.2. The van der Waals surface area contributed by atoms with Gasteiger partial charge in [0.15, 0.2) is 0 Å². The van der Waals surface area contributed by atoms with E-state index >= 15 is 0 Å². The molecule has 0 spiro atoms. The lowest BCUT2D eigenvalue weighted by Crippen LogP contribution is -2.33. The van der Waals surface area contributed by atoms with E-state index in [0.717, 1.165) is 18.1 Å². The van der Waals surface area contributed by atoms with Crippen molar-refractivity contribution in [1.29, 1.82) is 0 Å². The van der Waals surface area contributed by atoms with Crippen LogP contribution in [0.2, 0.25) is 0 Å². The molecule has 1 aromatic heterocycles. The first-order chi connectivity index (χ1) is 7.81. The van der Waals surface area contributed by atoms with Crippen molar-refractivity contribution in [2.45, 2.75) is 45.2 Å². The zero-order valence-corrected chi connectivity index (χ0v) is 10.0. The van der Waals surface area contributed by atoms with Gasteiger partial charge in [-0.1, -0.05) is 18.9 Å². The van der Waals surface area contributed by atoms with Gasteiger partial charge in [0.2, 0.25) is 0 Å². The van der Waals surface area contributed by atoms with Gasteiger partial charge in [-0.05, 0) is 31.9 Å². The van der Waals surface area contributed by atoms with Gasteiger partial charge in [-0.3, -0.25) is 0 Å². The molecule has 0 saturated carbocycles. The molecule has 3 nitrogen and oxygen atoms in total. The van der Waals surface area contributed by atoms with Gasteiger partial charge >= 0.3 is 0 Å². The van der Waals surface area contributed by atoms with Crippen molar-refractivity contribution in [1.82, 2.24) is 4.98 Å². The summed E-state index contributed by atoms with van der Waals surface area (Å²) in [5.74, 6) is 1.09. The third-order valence-corrected chi connectivity index (χ3v) is 3.35. The molecular formula is C13H21N3. The lowest BCUT2D eigenvalue weighted by Gasteiger charge is -2.28. The van der Waals surface area contributed by atoms with Crippen molar-refractivity contribution in [3.63, 3.8) is 0 Å². The average Bonchev–Trinajstić information content (AvgIpc) is 2.54. The zero-order chi connectivity index (χ0) is 11.4. The molecule has 1 aliphatic rings. The predicted octanol–water partition coefficient (Wildman–Crippen LogP) is 2.31. The monoisotopic (exact) mass is 219 g/mol. The van der Waals surface area contributed by atoms with Crippen LogP contribution in [0.25, 0.3) is 0 Å². The van der Waals surface area contributed by atoms with Crippen molar-refractivity contribution in [2.24, 2.45) is 5.73 Å². The molecule has 0 bridgehead atoms. The van der Waals surface area contributed by atoms with E-state index < -0.39 is 0 Å². The fraction of sp³-hybridized carbons (Fsp3) is 0.615. The minimum atomic E-state index is 0.524. The standard InChI is InChI=1S/C13H21N3/c1-11-6-3-2-4-9-16(11)13-8-5-7-12(10-14)15-13/h5,7-8,11H,2-4,6,9-10,14H2,1H3. The largest absolute Gasteiger partial charge is 0.354 e. The number of pyridine rings is 1. The number of nitrogens with zero attached hydrogens (tertiary/aromatic N) is 2. The molecular weight excluding hydrogens is 198 g/mol. The summed E-state index contributed by atoms with van der Waals surface area (Å²) in [4.78, 5) is 7.03. The Morgan fingerprint density at radius 3 is 3.06 bits per heavy atom. The van der Waals surface area contributed by atoms with Gasteiger partial charge < -0.3 is 10.6 Å². The minimum Gasteiger partial charge on any atom is -0.354 e. The molecule has 0 amide bonds. The molecule has 0 radical (unpaired) electrons. The first kappa shape index (κ1) is 11.4. The molecule has 0 aliphatic carbocycles. The summed E-state index contributed by atoms with van der Waals surface area (Å²) < 4.78 is 0. The van der Waals surface area contributed by atoms with Gasteiger partial charge in [0.05, 0.1) is 5.69 Å². The van der Waals surface area contributed by atoms with Gasteiger partial charge in [-0.15, -0.1) is 0 Å². The number of anilines is 1. The third-order valence-electron chi connectivity index (χ3n) is 3.35. The molecule has 0 aromatic carbocycles. The Kier molecular flexibility index (Phi) is 3.78. The Bertz CT molecular complexity index is 338. The summed E-state index contributed by atoms with van der Waals surface area (Å²) in [5.41, 5.74) is 6.61. The van der Waals surface area contributed by atoms with Gasteiger partial charge in [-0.2, -0.15) is 0 Å². The van der Waals surface area contributed by atoms with E-state index in [1.165, 1.54) is 25.7 Å². The lowest BCUT2D eigenvalue weighted by molar-refractivity contribution is 0.610. The van der Waals surface area contributed by atoms with Crippen LogP contribution in [0.5, 0.6) is 0 Å². The van der Waals surface area contributed by atoms with Crippen LogP contribution in [-0.4, -0.2) is 17.6 Å². The molecule has 1 atom stereocenters. The van der Waals surface area contributed by atoms with E-state index in [2.05, 4.69) is 28.9 Å². The van der Waals surface area contributed by atoms with E-state index in [1.807, 2.05) is 6.07 Å². The average molecular weight is 219 g/mol. The predicted molar refractivity (Wildman–Crippen MR) is 67.4 cm³/mol. The van der Waals surface area contributed by atoms with E-state index in [4.69, 9.17) is 5.73 Å². The molecule has 1 fully saturated rings. The number of hydrogen-bond donors (Lipinski definition) is 1. The number of aromatic nitrogens is 1. The number of nitrogens with two attached hydrogens (primary N) is 1. The lowest BCUT2D eigenvalue weighted by atomic mass is 10.1. The molecule has 2 rings (SSSR count). The SMILES string of the molecule is CC1CCCCCN1c1cccc(CN)n1. The van der Waals surface area contributed by atoms with E-state index in [-0.39, 0.29) is 0 Å². The summed E-state index contributed by atoms with van der Waals surface area (Å²) in [6.07, 6.45) is 5.24. The maximum Gasteiger partial charge on any atom is 0.129 e. The van der Waals surface area contributed by atoms with E-state index in [9.17, 15) is 0 Å². The van der Waals surface area contributed by atoms with Crippen LogP contribution in [0, 0.1) is 0 Å². The molecule has 2 heterocycles. The molecule has 88 valence electrons. The van der Waals surface area contributed by atoms with E-state index in [0.29, 0.717) is 12.6 Å². The molecule has 1 aliphatic heterocycles. The Labute approximate surface area is 97.7 Å². The highest BCUT2D eigenvalue weighted by Crippen LogP contribution is 2.22. The van der Waals surface area contributed by atoms with Gasteiger partial charge in [-0.25, -0.2) is 4.98 Å². The van der Waals surface area contributed by atoms with Gasteiger partial charge in [0.1, 0.15) is 5.82 Å². The van der Waals surface area contributed by atoms with Crippen LogP contribution in [-0.2, 0) is 6.54 Å². The second kappa shape index (κ2) is 5.30. The van der Waals surface area contributed by atoms with Crippen molar-refractivity contribution in [3.8, 4) is 0 Å². The van der Waals surface area contributed by atoms with E-state index in [1.54, 1.807) is 0 Å². The van der Waals surface area contributed by atoms with Crippen LogP contribution in [0.1, 0.15) is 38.3 Å². The smallest absolute Gasteiger partial charge is 0.129 e. The third kappa shape index (κ3) is 2.53. The molecule has 1 saturated heterocycles. The first-order valence-electron chi connectivity index (χ1n) is 6.24. The second-order valence-corrected chi connectivity index (χ2v) is 4.58. The Hall–Kier alpha value is -1.09. The normalized spacial score (nSPS) is 21.9. The van der Waals surface area contributed by atoms with Crippen molar-refractivity contribution in [2.75, 3.05) is 11.4 Å². The molecule has 3 heteroatoms. The van der Waals surface area contributed by atoms with Crippen LogP contribution in [0.3, 0.4) is 0 Å². The summed E-state index contributed by atoms with van der Waals surface area (Å²) >= 11 is 0. The summed E-state index contributed by atoms with van der Waals surface area (Å²) in [5, 5.41) is 0. The Balaban J connectivity index is 2.19. The molecule has 1 unspecified atom stereocenters. The highest BCUT2D eigenvalue weighted by molar-refractivity contribution is 5.40. The molecule has 2 N–H and O–H groups in total. The topological polar surface area (TPSA) is 42.1 Å². The zero-order valence-electron chi connectivity index (χ0n) is 10.0. The molecule has 1 aromatic rings. The first-order valence-corrected chi connectivity index (χ1v) is 6.24. The quantitative estimate of drug-likeness (QED) is 0.830. The second-order valence-electron chi connectivity index (χ2n) is 4.58. The minimum absolute atomic E-state index is 0.524. The van der Waals surface area contributed by atoms with Gasteiger partial charge in [0.25, 0.3) is 0 Å². The van der Waals surface area contributed by atoms with Crippen LogP contribution < -0.4 is 10.6 Å². The van der Waals surface area contributed by atoms with Crippen LogP contribution >= 0.6 is 0 Å². The van der Waals surface area contributed by atoms with Crippen molar-refractivity contribution < 1.29 is 0 Å². The maximum atomic E-state index is 5.63. The summed E-state index contributed by atoms with van der Waals surface area (Å²) in [6.45, 7) is 3.94. The van der Waals surface area contributed by atoms with Crippen LogP contribution in [0.4, 0.5) is 5.82 Å². The number of hydrogen-bond acceptors (Lipinski definition) is 3. The number of rotatable bonds is 2. The summed E-state index contributed by atoms with van der Waals surface area (Å²) in [7, 11) is 0.